The minimum Gasteiger partial charge on any atom is -0.283 e. The number of rotatable bonds is 2. The van der Waals surface area contributed by atoms with Gasteiger partial charge >= 0.3 is 0 Å². The summed E-state index contributed by atoms with van der Waals surface area (Å²) in [6.07, 6.45) is 0. The molecule has 0 aliphatic carbocycles. The van der Waals surface area contributed by atoms with Crippen molar-refractivity contribution in [2.45, 2.75) is 19.8 Å². The Labute approximate surface area is 117 Å². The molecule has 0 aliphatic rings. The van der Waals surface area contributed by atoms with Crippen LogP contribution < -0.4 is 5.56 Å². The molecule has 0 amide bonds. The quantitative estimate of drug-likeness (QED) is 0.716. The lowest BCUT2D eigenvalue weighted by Gasteiger charge is -2.11. The highest BCUT2D eigenvalue weighted by atomic mass is 16.1. The number of nitrogens with zero attached hydrogens (tertiary/aromatic N) is 3. The van der Waals surface area contributed by atoms with Crippen LogP contribution in [-0.2, 0) is 7.05 Å². The van der Waals surface area contributed by atoms with Crippen molar-refractivity contribution in [3.05, 3.63) is 58.5 Å². The first kappa shape index (κ1) is 12.7. The fraction of sp³-hybridized carbons (Fsp3) is 0.250. The molecule has 0 fully saturated rings. The third kappa shape index (κ3) is 1.93. The van der Waals surface area contributed by atoms with Gasteiger partial charge in [-0.25, -0.2) is 4.98 Å². The fourth-order valence-electron chi connectivity index (χ4n) is 2.52. The second-order valence-corrected chi connectivity index (χ2v) is 5.26. The van der Waals surface area contributed by atoms with E-state index in [0.29, 0.717) is 11.7 Å². The SMILES string of the molecule is CC(C)c1cc(=O)n(-c2ccc3ccccc3n2)n1C. The Kier molecular flexibility index (Phi) is 2.93. The number of para-hydroxylation sites is 1. The zero-order valence-corrected chi connectivity index (χ0v) is 11.9. The van der Waals surface area contributed by atoms with Crippen LogP contribution in [0.1, 0.15) is 25.5 Å². The first-order chi connectivity index (χ1) is 9.58. The highest BCUT2D eigenvalue weighted by Crippen LogP contribution is 2.16. The summed E-state index contributed by atoms with van der Waals surface area (Å²) in [5.41, 5.74) is 1.85. The van der Waals surface area contributed by atoms with Gasteiger partial charge in [0.25, 0.3) is 5.56 Å². The van der Waals surface area contributed by atoms with E-state index < -0.39 is 0 Å². The molecule has 1 aromatic carbocycles. The molecule has 2 heterocycles. The number of aromatic nitrogens is 3. The van der Waals surface area contributed by atoms with Crippen LogP contribution in [0, 0.1) is 0 Å². The van der Waals surface area contributed by atoms with Crippen molar-refractivity contribution in [3.8, 4) is 5.82 Å². The molecule has 3 rings (SSSR count). The first-order valence-electron chi connectivity index (χ1n) is 6.73. The highest BCUT2D eigenvalue weighted by molar-refractivity contribution is 5.79. The van der Waals surface area contributed by atoms with Gasteiger partial charge < -0.3 is 0 Å². The molecule has 4 heteroatoms. The molecule has 0 unspecified atom stereocenters. The van der Waals surface area contributed by atoms with Gasteiger partial charge in [0.05, 0.1) is 5.52 Å². The summed E-state index contributed by atoms with van der Waals surface area (Å²) in [5.74, 6) is 0.956. The summed E-state index contributed by atoms with van der Waals surface area (Å²) in [6, 6.07) is 13.5. The fourth-order valence-corrected chi connectivity index (χ4v) is 2.52. The standard InChI is InChI=1S/C16H17N3O/c1-11(2)14-10-16(20)19(18(14)3)15-9-8-12-6-4-5-7-13(12)17-15/h4-11H,1-3H3. The van der Waals surface area contributed by atoms with Crippen LogP contribution in [0.5, 0.6) is 0 Å². The predicted octanol–water partition coefficient (Wildman–Crippen LogP) is 2.85. The summed E-state index contributed by atoms with van der Waals surface area (Å²) in [6.45, 7) is 4.15. The number of fused-ring (bicyclic) bond motifs is 1. The Morgan fingerprint density at radius 1 is 1.10 bits per heavy atom. The molecule has 0 saturated carbocycles. The van der Waals surface area contributed by atoms with Gasteiger partial charge in [0.1, 0.15) is 0 Å². The smallest absolute Gasteiger partial charge is 0.273 e. The highest BCUT2D eigenvalue weighted by Gasteiger charge is 2.13. The zero-order valence-electron chi connectivity index (χ0n) is 11.9. The summed E-state index contributed by atoms with van der Waals surface area (Å²) in [5, 5.41) is 1.07. The second-order valence-electron chi connectivity index (χ2n) is 5.26. The molecule has 20 heavy (non-hydrogen) atoms. The lowest BCUT2D eigenvalue weighted by molar-refractivity contribution is 0.587. The molecule has 3 aromatic rings. The van der Waals surface area contributed by atoms with E-state index in [1.807, 2.05) is 48.1 Å². The van der Waals surface area contributed by atoms with Gasteiger partial charge in [0, 0.05) is 24.2 Å². The van der Waals surface area contributed by atoms with Crippen LogP contribution in [0.15, 0.2) is 47.3 Å². The predicted molar refractivity (Wildman–Crippen MR) is 80.4 cm³/mol. The Balaban J connectivity index is 2.23. The Bertz CT molecular complexity index is 827. The summed E-state index contributed by atoms with van der Waals surface area (Å²) in [4.78, 5) is 16.8. The molecule has 4 nitrogen and oxygen atoms in total. The average molecular weight is 267 g/mol. The molecular formula is C16H17N3O. The third-order valence-corrected chi connectivity index (χ3v) is 3.55. The van der Waals surface area contributed by atoms with E-state index in [0.717, 1.165) is 16.6 Å². The minimum absolute atomic E-state index is 0.0426. The lowest BCUT2D eigenvalue weighted by atomic mass is 10.1. The van der Waals surface area contributed by atoms with Crippen LogP contribution in [0.25, 0.3) is 16.7 Å². The maximum Gasteiger partial charge on any atom is 0.273 e. The lowest BCUT2D eigenvalue weighted by Crippen LogP contribution is -2.20. The van der Waals surface area contributed by atoms with Gasteiger partial charge in [-0.05, 0) is 24.1 Å². The largest absolute Gasteiger partial charge is 0.283 e. The third-order valence-electron chi connectivity index (χ3n) is 3.55. The van der Waals surface area contributed by atoms with E-state index in [2.05, 4.69) is 18.8 Å². The molecule has 0 N–H and O–H groups in total. The maximum absolute atomic E-state index is 12.2. The molecule has 0 atom stereocenters. The van der Waals surface area contributed by atoms with Gasteiger partial charge in [-0.2, -0.15) is 4.68 Å². The maximum atomic E-state index is 12.2. The van der Waals surface area contributed by atoms with Crippen molar-refractivity contribution in [2.24, 2.45) is 7.05 Å². The van der Waals surface area contributed by atoms with Gasteiger partial charge in [-0.1, -0.05) is 32.0 Å². The number of hydrogen-bond acceptors (Lipinski definition) is 2. The van der Waals surface area contributed by atoms with Crippen molar-refractivity contribution in [3.63, 3.8) is 0 Å². The van der Waals surface area contributed by atoms with Crippen LogP contribution in [0.3, 0.4) is 0 Å². The molecule has 102 valence electrons. The molecular weight excluding hydrogens is 250 g/mol. The van der Waals surface area contributed by atoms with E-state index in [1.54, 1.807) is 10.7 Å². The minimum atomic E-state index is -0.0426. The molecule has 0 bridgehead atoms. The topological polar surface area (TPSA) is 39.8 Å². The van der Waals surface area contributed by atoms with E-state index >= 15 is 0 Å². The van der Waals surface area contributed by atoms with E-state index in [-0.39, 0.29) is 5.56 Å². The summed E-state index contributed by atoms with van der Waals surface area (Å²) in [7, 11) is 1.90. The molecule has 0 saturated heterocycles. The number of pyridine rings is 1. The van der Waals surface area contributed by atoms with E-state index in [9.17, 15) is 4.79 Å². The van der Waals surface area contributed by atoms with Crippen molar-refractivity contribution in [2.75, 3.05) is 0 Å². The van der Waals surface area contributed by atoms with Gasteiger partial charge in [-0.15, -0.1) is 0 Å². The van der Waals surface area contributed by atoms with Crippen molar-refractivity contribution < 1.29 is 0 Å². The number of benzene rings is 1. The molecule has 0 spiro atoms. The van der Waals surface area contributed by atoms with Crippen molar-refractivity contribution in [1.82, 2.24) is 14.3 Å². The first-order valence-corrected chi connectivity index (χ1v) is 6.73. The Morgan fingerprint density at radius 3 is 2.55 bits per heavy atom. The summed E-state index contributed by atoms with van der Waals surface area (Å²) < 4.78 is 3.49. The molecule has 0 radical (unpaired) electrons. The van der Waals surface area contributed by atoms with Gasteiger partial charge in [-0.3, -0.25) is 9.48 Å². The number of hydrogen-bond donors (Lipinski definition) is 0. The van der Waals surface area contributed by atoms with E-state index in [1.165, 1.54) is 0 Å². The van der Waals surface area contributed by atoms with Crippen LogP contribution in [0.4, 0.5) is 0 Å². The summed E-state index contributed by atoms with van der Waals surface area (Å²) >= 11 is 0. The average Bonchev–Trinajstić information content (AvgIpc) is 2.74. The monoisotopic (exact) mass is 267 g/mol. The Morgan fingerprint density at radius 2 is 1.85 bits per heavy atom. The van der Waals surface area contributed by atoms with Crippen LogP contribution >= 0.6 is 0 Å². The molecule has 0 aliphatic heterocycles. The second kappa shape index (κ2) is 4.63. The van der Waals surface area contributed by atoms with Crippen LogP contribution in [-0.4, -0.2) is 14.3 Å². The van der Waals surface area contributed by atoms with Gasteiger partial charge in [0.15, 0.2) is 5.82 Å². The van der Waals surface area contributed by atoms with E-state index in [4.69, 9.17) is 0 Å². The normalized spacial score (nSPS) is 11.4. The Hall–Kier alpha value is -2.36. The molecule has 2 aromatic heterocycles. The van der Waals surface area contributed by atoms with Crippen LogP contribution in [0.2, 0.25) is 0 Å². The zero-order chi connectivity index (χ0) is 14.3. The van der Waals surface area contributed by atoms with Crippen molar-refractivity contribution in [1.29, 1.82) is 0 Å². The van der Waals surface area contributed by atoms with Gasteiger partial charge in [0.2, 0.25) is 0 Å². The van der Waals surface area contributed by atoms with Crippen molar-refractivity contribution >= 4 is 10.9 Å².